The van der Waals surface area contributed by atoms with Crippen LogP contribution in [0.5, 0.6) is 0 Å². The zero-order valence-electron chi connectivity index (χ0n) is 11.2. The van der Waals surface area contributed by atoms with E-state index in [4.69, 9.17) is 5.84 Å². The highest BCUT2D eigenvalue weighted by atomic mass is 127. The van der Waals surface area contributed by atoms with Crippen molar-refractivity contribution in [2.24, 2.45) is 5.84 Å². The highest BCUT2D eigenvalue weighted by molar-refractivity contribution is 14.1. The average Bonchev–Trinajstić information content (AvgIpc) is 2.40. The Kier molecular flexibility index (Phi) is 4.90. The third kappa shape index (κ3) is 3.75. The van der Waals surface area contributed by atoms with Crippen molar-refractivity contribution in [1.82, 2.24) is 5.43 Å². The van der Waals surface area contributed by atoms with E-state index < -0.39 is 11.7 Å². The maximum absolute atomic E-state index is 12.7. The van der Waals surface area contributed by atoms with Crippen LogP contribution in [0.1, 0.15) is 28.3 Å². The van der Waals surface area contributed by atoms with Gasteiger partial charge in [-0.25, -0.2) is 5.43 Å². The van der Waals surface area contributed by atoms with Gasteiger partial charge in [0.05, 0.1) is 11.6 Å². The van der Waals surface area contributed by atoms with Gasteiger partial charge in [0.1, 0.15) is 0 Å². The molecule has 0 amide bonds. The summed E-state index contributed by atoms with van der Waals surface area (Å²) < 4.78 is 39.2. The van der Waals surface area contributed by atoms with E-state index in [0.29, 0.717) is 5.56 Å². The lowest BCUT2D eigenvalue weighted by Crippen LogP contribution is -2.29. The molecule has 0 bridgehead atoms. The molecule has 0 saturated carbocycles. The van der Waals surface area contributed by atoms with Crippen LogP contribution in [-0.2, 0) is 6.18 Å². The number of hydrogen-bond acceptors (Lipinski definition) is 2. The molecule has 0 aliphatic rings. The summed E-state index contributed by atoms with van der Waals surface area (Å²) in [4.78, 5) is 0. The number of halogens is 4. The fourth-order valence-corrected chi connectivity index (χ4v) is 2.79. The van der Waals surface area contributed by atoms with Gasteiger partial charge in [0.15, 0.2) is 0 Å². The van der Waals surface area contributed by atoms with Crippen LogP contribution in [0.3, 0.4) is 0 Å². The van der Waals surface area contributed by atoms with Crippen LogP contribution >= 0.6 is 22.6 Å². The van der Waals surface area contributed by atoms with Crippen LogP contribution < -0.4 is 11.3 Å². The van der Waals surface area contributed by atoms with E-state index in [2.05, 4.69) is 28.0 Å². The molecule has 0 saturated heterocycles. The Morgan fingerprint density at radius 3 is 2.38 bits per heavy atom. The molecule has 112 valence electrons. The molecule has 2 rings (SSSR count). The summed E-state index contributed by atoms with van der Waals surface area (Å²) in [7, 11) is 0. The van der Waals surface area contributed by atoms with Gasteiger partial charge in [0, 0.05) is 3.57 Å². The van der Waals surface area contributed by atoms with Crippen LogP contribution in [0.4, 0.5) is 13.2 Å². The number of hydrazine groups is 1. The number of hydrogen-bond donors (Lipinski definition) is 2. The number of nitrogens with one attached hydrogen (secondary N) is 1. The molecule has 0 aliphatic carbocycles. The van der Waals surface area contributed by atoms with Crippen molar-refractivity contribution in [3.8, 4) is 0 Å². The van der Waals surface area contributed by atoms with Crippen molar-refractivity contribution in [1.29, 1.82) is 0 Å². The SMILES string of the molecule is Cc1cc(C(F)(F)F)ccc1C(NN)c1cccc(I)c1. The van der Waals surface area contributed by atoms with Gasteiger partial charge in [0.2, 0.25) is 0 Å². The van der Waals surface area contributed by atoms with E-state index in [-0.39, 0.29) is 6.04 Å². The lowest BCUT2D eigenvalue weighted by atomic mass is 9.94. The van der Waals surface area contributed by atoms with Gasteiger partial charge in [-0.1, -0.05) is 18.2 Å². The Bertz CT molecular complexity index is 641. The van der Waals surface area contributed by atoms with Gasteiger partial charge < -0.3 is 0 Å². The number of nitrogens with two attached hydrogens (primary N) is 1. The second kappa shape index (κ2) is 6.33. The summed E-state index contributed by atoms with van der Waals surface area (Å²) in [5, 5.41) is 0. The van der Waals surface area contributed by atoms with Crippen molar-refractivity contribution in [2.75, 3.05) is 0 Å². The molecule has 0 spiro atoms. The normalized spacial score (nSPS) is 13.2. The van der Waals surface area contributed by atoms with E-state index in [1.807, 2.05) is 24.3 Å². The fraction of sp³-hybridized carbons (Fsp3) is 0.200. The van der Waals surface area contributed by atoms with Crippen LogP contribution in [0.2, 0.25) is 0 Å². The number of rotatable bonds is 3. The number of benzene rings is 2. The summed E-state index contributed by atoms with van der Waals surface area (Å²) in [5.41, 5.74) is 4.21. The van der Waals surface area contributed by atoms with E-state index >= 15 is 0 Å². The molecule has 2 aromatic rings. The molecule has 2 nitrogen and oxygen atoms in total. The van der Waals surface area contributed by atoms with E-state index in [0.717, 1.165) is 26.8 Å². The fourth-order valence-electron chi connectivity index (χ4n) is 2.23. The molecular weight excluding hydrogens is 392 g/mol. The van der Waals surface area contributed by atoms with Crippen LogP contribution in [0.25, 0.3) is 0 Å². The Morgan fingerprint density at radius 2 is 1.86 bits per heavy atom. The first-order valence-corrected chi connectivity index (χ1v) is 7.30. The van der Waals surface area contributed by atoms with Gasteiger partial charge in [-0.15, -0.1) is 0 Å². The summed E-state index contributed by atoms with van der Waals surface area (Å²) >= 11 is 2.18. The third-order valence-electron chi connectivity index (χ3n) is 3.26. The molecule has 0 radical (unpaired) electrons. The molecule has 2 aromatic carbocycles. The molecule has 6 heteroatoms. The minimum absolute atomic E-state index is 0.345. The molecule has 0 heterocycles. The first-order valence-electron chi connectivity index (χ1n) is 6.22. The predicted octanol–water partition coefficient (Wildman–Crippen LogP) is 4.17. The van der Waals surface area contributed by atoms with Crippen molar-refractivity contribution in [2.45, 2.75) is 19.1 Å². The first kappa shape index (κ1) is 16.3. The summed E-state index contributed by atoms with van der Waals surface area (Å²) in [6.45, 7) is 1.66. The summed E-state index contributed by atoms with van der Waals surface area (Å²) in [6.07, 6.45) is -4.34. The second-order valence-electron chi connectivity index (χ2n) is 4.72. The topological polar surface area (TPSA) is 38.0 Å². The number of aryl methyl sites for hydroxylation is 1. The molecule has 21 heavy (non-hydrogen) atoms. The van der Waals surface area contributed by atoms with Gasteiger partial charge >= 0.3 is 6.18 Å². The maximum atomic E-state index is 12.7. The maximum Gasteiger partial charge on any atom is 0.416 e. The monoisotopic (exact) mass is 406 g/mol. The molecule has 1 atom stereocenters. The first-order chi connectivity index (χ1) is 9.82. The van der Waals surface area contributed by atoms with Gasteiger partial charge in [0.25, 0.3) is 0 Å². The Morgan fingerprint density at radius 1 is 1.14 bits per heavy atom. The average molecular weight is 406 g/mol. The minimum Gasteiger partial charge on any atom is -0.271 e. The van der Waals surface area contributed by atoms with Crippen LogP contribution in [-0.4, -0.2) is 0 Å². The third-order valence-corrected chi connectivity index (χ3v) is 3.93. The van der Waals surface area contributed by atoms with Gasteiger partial charge in [-0.2, -0.15) is 13.2 Å². The molecular formula is C15H14F3IN2. The molecule has 0 aliphatic heterocycles. The zero-order valence-corrected chi connectivity index (χ0v) is 13.4. The molecule has 3 N–H and O–H groups in total. The largest absolute Gasteiger partial charge is 0.416 e. The molecule has 1 unspecified atom stereocenters. The van der Waals surface area contributed by atoms with Gasteiger partial charge in [-0.3, -0.25) is 5.84 Å². The van der Waals surface area contributed by atoms with Crippen LogP contribution in [0.15, 0.2) is 42.5 Å². The quantitative estimate of drug-likeness (QED) is 0.456. The van der Waals surface area contributed by atoms with E-state index in [9.17, 15) is 13.2 Å². The van der Waals surface area contributed by atoms with E-state index in [1.54, 1.807) is 6.92 Å². The van der Waals surface area contributed by atoms with Crippen molar-refractivity contribution in [3.63, 3.8) is 0 Å². The molecule has 0 fully saturated rings. The zero-order chi connectivity index (χ0) is 15.6. The van der Waals surface area contributed by atoms with E-state index in [1.165, 1.54) is 6.07 Å². The Hall–Kier alpha value is -1.12. The summed E-state index contributed by atoms with van der Waals surface area (Å²) in [5.74, 6) is 5.60. The highest BCUT2D eigenvalue weighted by Gasteiger charge is 2.31. The Balaban J connectivity index is 2.44. The van der Waals surface area contributed by atoms with Crippen molar-refractivity contribution < 1.29 is 13.2 Å². The van der Waals surface area contributed by atoms with Gasteiger partial charge in [-0.05, 0) is 70.5 Å². The second-order valence-corrected chi connectivity index (χ2v) is 5.97. The minimum atomic E-state index is -4.34. The molecule has 0 aromatic heterocycles. The predicted molar refractivity (Wildman–Crippen MR) is 84.5 cm³/mol. The lowest BCUT2D eigenvalue weighted by Gasteiger charge is -2.20. The highest BCUT2D eigenvalue weighted by Crippen LogP contribution is 2.33. The standard InChI is InChI=1S/C15H14F3IN2/c1-9-7-11(15(16,17)18)5-6-13(9)14(21-20)10-3-2-4-12(19)8-10/h2-8,14,21H,20H2,1H3. The van der Waals surface area contributed by atoms with Crippen molar-refractivity contribution >= 4 is 22.6 Å². The number of alkyl halides is 3. The van der Waals surface area contributed by atoms with Crippen molar-refractivity contribution in [3.05, 3.63) is 68.3 Å². The summed E-state index contributed by atoms with van der Waals surface area (Å²) in [6, 6.07) is 11.0. The smallest absolute Gasteiger partial charge is 0.271 e. The van der Waals surface area contributed by atoms with Crippen LogP contribution in [0, 0.1) is 10.5 Å². The lowest BCUT2D eigenvalue weighted by molar-refractivity contribution is -0.137. The Labute approximate surface area is 134 Å².